The molecular weight excluding hydrogens is 403 g/mol. The monoisotopic (exact) mass is 430 g/mol. The predicted molar refractivity (Wildman–Crippen MR) is 123 cm³/mol. The Hall–Kier alpha value is -3.19. The molecule has 1 aromatic carbocycles. The maximum Gasteiger partial charge on any atom is 0.164 e. The van der Waals surface area contributed by atoms with Gasteiger partial charge in [0.15, 0.2) is 5.65 Å². The molecule has 7 heteroatoms. The Labute approximate surface area is 187 Å². The minimum atomic E-state index is -0.387. The molecule has 0 aliphatic carbocycles. The van der Waals surface area contributed by atoms with Gasteiger partial charge in [-0.1, -0.05) is 30.7 Å². The molecule has 1 aliphatic rings. The zero-order valence-corrected chi connectivity index (χ0v) is 18.6. The van der Waals surface area contributed by atoms with Gasteiger partial charge < -0.3 is 4.57 Å². The van der Waals surface area contributed by atoms with Gasteiger partial charge in [-0.15, -0.1) is 0 Å². The average Bonchev–Trinajstić information content (AvgIpc) is 3.14. The van der Waals surface area contributed by atoms with Gasteiger partial charge >= 0.3 is 0 Å². The third-order valence-electron chi connectivity index (χ3n) is 6.06. The van der Waals surface area contributed by atoms with Gasteiger partial charge in [-0.25, -0.2) is 19.3 Å². The first-order valence-corrected chi connectivity index (χ1v) is 11.2. The Balaban J connectivity index is 1.49. The van der Waals surface area contributed by atoms with Crippen LogP contribution in [0.25, 0.3) is 22.6 Å². The second-order valence-electron chi connectivity index (χ2n) is 8.60. The lowest BCUT2D eigenvalue weighted by atomic mass is 10.1. The number of hydrogen-bond donors (Lipinski definition) is 0. The highest BCUT2D eigenvalue weighted by molar-refractivity contribution is 5.79. The molecule has 5 rings (SSSR count). The van der Waals surface area contributed by atoms with Crippen molar-refractivity contribution in [1.29, 1.82) is 0 Å². The molecule has 6 nitrogen and oxygen atoms in total. The van der Waals surface area contributed by atoms with E-state index in [0.29, 0.717) is 23.8 Å². The van der Waals surface area contributed by atoms with Crippen molar-refractivity contribution in [2.75, 3.05) is 13.1 Å². The van der Waals surface area contributed by atoms with E-state index < -0.39 is 0 Å². The van der Waals surface area contributed by atoms with E-state index >= 15 is 0 Å². The fourth-order valence-electron chi connectivity index (χ4n) is 4.49. The van der Waals surface area contributed by atoms with Gasteiger partial charge in [-0.05, 0) is 57.0 Å². The molecule has 1 saturated heterocycles. The number of imidazole rings is 1. The predicted octanol–water partition coefficient (Wildman–Crippen LogP) is 4.68. The summed E-state index contributed by atoms with van der Waals surface area (Å²) < 4.78 is 16.0. The van der Waals surface area contributed by atoms with Crippen molar-refractivity contribution in [1.82, 2.24) is 29.4 Å². The van der Waals surface area contributed by atoms with Crippen LogP contribution >= 0.6 is 0 Å². The topological polar surface area (TPSA) is 59.7 Å². The quantitative estimate of drug-likeness (QED) is 0.460. The smallest absolute Gasteiger partial charge is 0.164 e. The van der Waals surface area contributed by atoms with Gasteiger partial charge in [-0.3, -0.25) is 9.88 Å². The van der Waals surface area contributed by atoms with Crippen LogP contribution in [-0.2, 0) is 13.1 Å². The Morgan fingerprint density at radius 3 is 2.31 bits per heavy atom. The van der Waals surface area contributed by atoms with Crippen LogP contribution in [0.2, 0.25) is 0 Å². The van der Waals surface area contributed by atoms with Crippen molar-refractivity contribution in [3.8, 4) is 11.4 Å². The highest BCUT2D eigenvalue weighted by Crippen LogP contribution is 2.26. The van der Waals surface area contributed by atoms with E-state index in [0.717, 1.165) is 29.0 Å². The first-order chi connectivity index (χ1) is 15.6. The standard InChI is InChI=1S/C25H27FN6/c1-17-23-25(29-18(2)28-17)32(24(30-23)21-12-22(26)14-27-13-21)16-20-8-6-19(7-9-20)15-31-10-4-3-5-11-31/h6-9,12-14H,3-5,10-11,15-16H2,1-2H3. The maximum atomic E-state index is 13.9. The van der Waals surface area contributed by atoms with Gasteiger partial charge in [-0.2, -0.15) is 0 Å². The minimum Gasteiger partial charge on any atom is -0.304 e. The second-order valence-corrected chi connectivity index (χ2v) is 8.60. The number of aryl methyl sites for hydroxylation is 2. The molecule has 0 spiro atoms. The van der Waals surface area contributed by atoms with E-state index in [1.165, 1.54) is 50.2 Å². The van der Waals surface area contributed by atoms with Crippen molar-refractivity contribution in [3.05, 3.63) is 71.2 Å². The molecule has 0 bridgehead atoms. The molecule has 1 fully saturated rings. The van der Waals surface area contributed by atoms with Crippen molar-refractivity contribution in [2.24, 2.45) is 0 Å². The number of rotatable bonds is 5. The van der Waals surface area contributed by atoms with Crippen molar-refractivity contribution in [3.63, 3.8) is 0 Å². The number of hydrogen-bond acceptors (Lipinski definition) is 5. The van der Waals surface area contributed by atoms with Crippen LogP contribution in [0, 0.1) is 19.7 Å². The number of fused-ring (bicyclic) bond motifs is 1. The Morgan fingerprint density at radius 1 is 0.875 bits per heavy atom. The van der Waals surface area contributed by atoms with Crippen LogP contribution in [0.3, 0.4) is 0 Å². The number of benzene rings is 1. The zero-order valence-electron chi connectivity index (χ0n) is 18.6. The summed E-state index contributed by atoms with van der Waals surface area (Å²) in [6, 6.07) is 10.2. The van der Waals surface area contributed by atoms with E-state index in [1.807, 2.05) is 18.4 Å². The normalized spacial score (nSPS) is 14.8. The number of halogens is 1. The highest BCUT2D eigenvalue weighted by Gasteiger charge is 2.18. The zero-order chi connectivity index (χ0) is 22.1. The molecule has 1 aliphatic heterocycles. The molecular formula is C25H27FN6. The van der Waals surface area contributed by atoms with Crippen LogP contribution in [0.5, 0.6) is 0 Å². The fraction of sp³-hybridized carbons (Fsp3) is 0.360. The van der Waals surface area contributed by atoms with Crippen LogP contribution in [0.15, 0.2) is 42.7 Å². The second kappa shape index (κ2) is 8.74. The maximum absolute atomic E-state index is 13.9. The molecule has 164 valence electrons. The summed E-state index contributed by atoms with van der Waals surface area (Å²) in [6.45, 7) is 7.76. The number of pyridine rings is 1. The molecule has 0 radical (unpaired) electrons. The van der Waals surface area contributed by atoms with Crippen LogP contribution in [0.1, 0.15) is 41.9 Å². The third-order valence-corrected chi connectivity index (χ3v) is 6.06. The van der Waals surface area contributed by atoms with Gasteiger partial charge in [0.1, 0.15) is 23.0 Å². The summed E-state index contributed by atoms with van der Waals surface area (Å²) in [5, 5.41) is 0. The Kier molecular flexibility index (Phi) is 5.66. The van der Waals surface area contributed by atoms with E-state index in [4.69, 9.17) is 4.98 Å². The van der Waals surface area contributed by atoms with Crippen LogP contribution in [-0.4, -0.2) is 42.5 Å². The molecule has 4 aromatic rings. The molecule has 0 atom stereocenters. The van der Waals surface area contributed by atoms with Crippen LogP contribution < -0.4 is 0 Å². The molecule has 4 heterocycles. The average molecular weight is 431 g/mol. The highest BCUT2D eigenvalue weighted by atomic mass is 19.1. The van der Waals surface area contributed by atoms with E-state index in [9.17, 15) is 4.39 Å². The molecule has 0 N–H and O–H groups in total. The first-order valence-electron chi connectivity index (χ1n) is 11.2. The molecule has 0 saturated carbocycles. The van der Waals surface area contributed by atoms with Crippen molar-refractivity contribution in [2.45, 2.75) is 46.2 Å². The minimum absolute atomic E-state index is 0.387. The third kappa shape index (κ3) is 4.25. The Bertz CT molecular complexity index is 1240. The SMILES string of the molecule is Cc1nc(C)c2nc(-c3cncc(F)c3)n(Cc3ccc(CN4CCCCC4)cc3)c2n1. The van der Waals surface area contributed by atoms with Gasteiger partial charge in [0.2, 0.25) is 0 Å². The number of aromatic nitrogens is 5. The first kappa shape index (κ1) is 20.7. The lowest BCUT2D eigenvalue weighted by Crippen LogP contribution is -2.29. The number of piperidine rings is 1. The van der Waals surface area contributed by atoms with E-state index in [2.05, 4.69) is 44.1 Å². The summed E-state index contributed by atoms with van der Waals surface area (Å²) >= 11 is 0. The summed E-state index contributed by atoms with van der Waals surface area (Å²) in [5.74, 6) is 0.950. The summed E-state index contributed by atoms with van der Waals surface area (Å²) in [7, 11) is 0. The Morgan fingerprint density at radius 2 is 1.59 bits per heavy atom. The van der Waals surface area contributed by atoms with Gasteiger partial charge in [0, 0.05) is 18.3 Å². The van der Waals surface area contributed by atoms with Crippen molar-refractivity contribution >= 4 is 11.2 Å². The van der Waals surface area contributed by atoms with Crippen LogP contribution in [0.4, 0.5) is 4.39 Å². The van der Waals surface area contributed by atoms with E-state index in [1.54, 1.807) is 6.20 Å². The van der Waals surface area contributed by atoms with Crippen molar-refractivity contribution < 1.29 is 4.39 Å². The summed E-state index contributed by atoms with van der Waals surface area (Å²) in [4.78, 5) is 20.4. The number of likely N-dealkylation sites (tertiary alicyclic amines) is 1. The molecule has 32 heavy (non-hydrogen) atoms. The lowest BCUT2D eigenvalue weighted by Gasteiger charge is -2.26. The molecule has 3 aromatic heterocycles. The molecule has 0 unspecified atom stereocenters. The van der Waals surface area contributed by atoms with E-state index in [-0.39, 0.29) is 5.82 Å². The fourth-order valence-corrected chi connectivity index (χ4v) is 4.49. The van der Waals surface area contributed by atoms with Gasteiger partial charge in [0.05, 0.1) is 18.4 Å². The number of nitrogens with zero attached hydrogens (tertiary/aromatic N) is 6. The largest absolute Gasteiger partial charge is 0.304 e. The van der Waals surface area contributed by atoms with Gasteiger partial charge in [0.25, 0.3) is 0 Å². The summed E-state index contributed by atoms with van der Waals surface area (Å²) in [5.41, 5.74) is 5.40. The summed E-state index contributed by atoms with van der Waals surface area (Å²) in [6.07, 6.45) is 6.78. The molecule has 0 amide bonds. The lowest BCUT2D eigenvalue weighted by molar-refractivity contribution is 0.221.